The van der Waals surface area contributed by atoms with Gasteiger partial charge < -0.3 is 24.8 Å². The first-order valence-corrected chi connectivity index (χ1v) is 19.2. The van der Waals surface area contributed by atoms with E-state index in [1.54, 1.807) is 0 Å². The fourth-order valence-electron chi connectivity index (χ4n) is 7.44. The van der Waals surface area contributed by atoms with Crippen LogP contribution in [0.2, 0.25) is 0 Å². The van der Waals surface area contributed by atoms with Crippen molar-refractivity contribution in [3.63, 3.8) is 0 Å². The Hall–Kier alpha value is -6.67. The third-order valence-electron chi connectivity index (χ3n) is 9.94. The summed E-state index contributed by atoms with van der Waals surface area (Å²) in [5, 5.41) is 5.43. The normalized spacial score (nSPS) is 12.8. The highest BCUT2D eigenvalue weighted by Gasteiger charge is 2.42. The number of ether oxygens (including phenoxy) is 3. The quantitative estimate of drug-likeness (QED) is 0.0901. The Bertz CT molecular complexity index is 2160. The van der Waals surface area contributed by atoms with Crippen LogP contribution in [0.4, 0.5) is 4.79 Å². The molecule has 57 heavy (non-hydrogen) atoms. The summed E-state index contributed by atoms with van der Waals surface area (Å²) in [5.74, 6) is -0.688. The molecule has 0 bridgehead atoms. The van der Waals surface area contributed by atoms with Crippen molar-refractivity contribution in [3.8, 4) is 16.9 Å². The summed E-state index contributed by atoms with van der Waals surface area (Å²) in [7, 11) is 0. The van der Waals surface area contributed by atoms with Crippen LogP contribution in [0.1, 0.15) is 60.1 Å². The molecule has 0 fully saturated rings. The van der Waals surface area contributed by atoms with Crippen molar-refractivity contribution in [1.29, 1.82) is 0 Å². The summed E-state index contributed by atoms with van der Waals surface area (Å²) in [6, 6.07) is 51.1. The average molecular weight is 759 g/mol. The SMILES string of the molecule is CC(C)(C)Oc1ccc(C[C@H](NC(=O)CNC(=O)OCC2c3ccccc3-c3ccccc32)C(=O)OC(c2ccccc2)(c2ccccc2)c2ccccc2)cc1. The van der Waals surface area contributed by atoms with E-state index in [9.17, 15) is 14.4 Å². The molecule has 0 heterocycles. The van der Waals surface area contributed by atoms with Gasteiger partial charge in [-0.3, -0.25) is 4.79 Å². The van der Waals surface area contributed by atoms with Crippen LogP contribution in [-0.2, 0) is 31.1 Å². The van der Waals surface area contributed by atoms with Crippen LogP contribution in [0.3, 0.4) is 0 Å². The van der Waals surface area contributed by atoms with Gasteiger partial charge in [0.25, 0.3) is 0 Å². The molecule has 6 aromatic rings. The molecule has 0 saturated carbocycles. The number of fused-ring (bicyclic) bond motifs is 3. The Morgan fingerprint density at radius 3 is 1.58 bits per heavy atom. The van der Waals surface area contributed by atoms with Gasteiger partial charge in [0, 0.05) is 29.0 Å². The highest BCUT2D eigenvalue weighted by atomic mass is 16.6. The molecule has 2 amide bonds. The average Bonchev–Trinajstić information content (AvgIpc) is 3.55. The molecule has 0 saturated heterocycles. The van der Waals surface area contributed by atoms with Gasteiger partial charge in [-0.15, -0.1) is 0 Å². The molecule has 1 atom stereocenters. The van der Waals surface area contributed by atoms with E-state index in [0.29, 0.717) is 5.75 Å². The predicted molar refractivity (Wildman–Crippen MR) is 221 cm³/mol. The number of esters is 1. The standard InChI is InChI=1S/C49H46N2O6/c1-48(2,3)56-38-29-27-34(28-30-38)31-44(46(53)57-49(35-17-7-4-8-18-35,36-19-9-5-10-20-36)37-21-11-6-12-22-37)51-45(52)32-50-47(54)55-33-43-41-25-15-13-23-39(41)40-24-14-16-26-42(40)43/h4-30,43-44H,31-33H2,1-3H3,(H,50,54)(H,51,52)/t44-/m0/s1. The molecule has 8 nitrogen and oxygen atoms in total. The van der Waals surface area contributed by atoms with Gasteiger partial charge in [0.1, 0.15) is 30.5 Å². The van der Waals surface area contributed by atoms with Crippen molar-refractivity contribution in [2.75, 3.05) is 13.2 Å². The van der Waals surface area contributed by atoms with Crippen molar-refractivity contribution in [2.45, 2.75) is 50.4 Å². The lowest BCUT2D eigenvalue weighted by Crippen LogP contribution is -2.49. The predicted octanol–water partition coefficient (Wildman–Crippen LogP) is 8.97. The van der Waals surface area contributed by atoms with Gasteiger partial charge in [-0.25, -0.2) is 9.59 Å². The maximum absolute atomic E-state index is 14.7. The summed E-state index contributed by atoms with van der Waals surface area (Å²) in [6.07, 6.45) is -0.628. The largest absolute Gasteiger partial charge is 0.488 e. The Kier molecular flexibility index (Phi) is 11.5. The van der Waals surface area contributed by atoms with Crippen molar-refractivity contribution in [3.05, 3.63) is 197 Å². The molecule has 7 rings (SSSR count). The Balaban J connectivity index is 1.11. The first-order valence-electron chi connectivity index (χ1n) is 19.2. The zero-order valence-corrected chi connectivity index (χ0v) is 32.3. The Morgan fingerprint density at radius 1 is 0.614 bits per heavy atom. The Labute approximate surface area is 333 Å². The van der Waals surface area contributed by atoms with E-state index in [-0.39, 0.29) is 18.9 Å². The minimum absolute atomic E-state index is 0.103. The smallest absolute Gasteiger partial charge is 0.407 e. The van der Waals surface area contributed by atoms with Crippen LogP contribution < -0.4 is 15.4 Å². The fraction of sp³-hybridized carbons (Fsp3) is 0.204. The molecular formula is C49H46N2O6. The lowest BCUT2D eigenvalue weighted by molar-refractivity contribution is -0.157. The number of alkyl carbamates (subject to hydrolysis) is 1. The highest BCUT2D eigenvalue weighted by Crippen LogP contribution is 2.45. The minimum Gasteiger partial charge on any atom is -0.488 e. The monoisotopic (exact) mass is 758 g/mol. The number of rotatable bonds is 13. The molecule has 8 heteroatoms. The Morgan fingerprint density at radius 2 is 1.09 bits per heavy atom. The molecule has 6 aromatic carbocycles. The van der Waals surface area contributed by atoms with Crippen molar-refractivity contribution in [1.82, 2.24) is 10.6 Å². The van der Waals surface area contributed by atoms with Gasteiger partial charge in [-0.2, -0.15) is 0 Å². The van der Waals surface area contributed by atoms with Crippen LogP contribution in [0.25, 0.3) is 11.1 Å². The number of nitrogens with one attached hydrogen (secondary N) is 2. The molecule has 0 aromatic heterocycles. The van der Waals surface area contributed by atoms with Gasteiger partial charge in [0.05, 0.1) is 0 Å². The van der Waals surface area contributed by atoms with Gasteiger partial charge >= 0.3 is 12.1 Å². The van der Waals surface area contributed by atoms with Crippen molar-refractivity contribution in [2.24, 2.45) is 0 Å². The van der Waals surface area contributed by atoms with E-state index in [1.165, 1.54) is 0 Å². The van der Waals surface area contributed by atoms with Crippen LogP contribution in [-0.4, -0.2) is 42.8 Å². The molecule has 0 unspecified atom stereocenters. The van der Waals surface area contributed by atoms with E-state index in [2.05, 4.69) is 22.8 Å². The van der Waals surface area contributed by atoms with Crippen LogP contribution >= 0.6 is 0 Å². The summed E-state index contributed by atoms with van der Waals surface area (Å²) >= 11 is 0. The highest BCUT2D eigenvalue weighted by molar-refractivity contribution is 5.88. The first-order chi connectivity index (χ1) is 27.6. The van der Waals surface area contributed by atoms with E-state index >= 15 is 0 Å². The van der Waals surface area contributed by atoms with Crippen LogP contribution in [0.15, 0.2) is 164 Å². The summed E-state index contributed by atoms with van der Waals surface area (Å²) < 4.78 is 18.4. The van der Waals surface area contributed by atoms with E-state index in [1.807, 2.05) is 172 Å². The second-order valence-electron chi connectivity index (χ2n) is 15.1. The van der Waals surface area contributed by atoms with Gasteiger partial charge in [0.15, 0.2) is 5.60 Å². The third kappa shape index (κ3) is 8.92. The van der Waals surface area contributed by atoms with Gasteiger partial charge in [0.2, 0.25) is 5.91 Å². The first kappa shape index (κ1) is 38.6. The summed E-state index contributed by atoms with van der Waals surface area (Å²) in [5.41, 5.74) is 5.64. The maximum atomic E-state index is 14.7. The van der Waals surface area contributed by atoms with Gasteiger partial charge in [-0.1, -0.05) is 152 Å². The number of carbonyl (C=O) groups excluding carboxylic acids is 3. The summed E-state index contributed by atoms with van der Waals surface area (Å²) in [6.45, 7) is 5.60. The zero-order valence-electron chi connectivity index (χ0n) is 32.3. The minimum atomic E-state index is -1.35. The molecule has 1 aliphatic carbocycles. The second kappa shape index (κ2) is 17.0. The number of hydrogen-bond acceptors (Lipinski definition) is 6. The van der Waals surface area contributed by atoms with E-state index in [4.69, 9.17) is 14.2 Å². The van der Waals surface area contributed by atoms with E-state index < -0.39 is 41.8 Å². The molecule has 0 aliphatic heterocycles. The van der Waals surface area contributed by atoms with Gasteiger partial charge in [-0.05, 0) is 60.7 Å². The maximum Gasteiger partial charge on any atom is 0.407 e. The molecule has 0 radical (unpaired) electrons. The molecule has 288 valence electrons. The second-order valence-corrected chi connectivity index (χ2v) is 15.1. The summed E-state index contributed by atoms with van der Waals surface area (Å²) in [4.78, 5) is 41.3. The third-order valence-corrected chi connectivity index (χ3v) is 9.94. The van der Waals surface area contributed by atoms with Crippen molar-refractivity contribution < 1.29 is 28.6 Å². The van der Waals surface area contributed by atoms with E-state index in [0.717, 1.165) is 44.5 Å². The lowest BCUT2D eigenvalue weighted by atomic mass is 9.80. The zero-order chi connectivity index (χ0) is 39.8. The molecule has 1 aliphatic rings. The number of benzene rings is 6. The molecule has 0 spiro atoms. The number of hydrogen-bond donors (Lipinski definition) is 2. The molecular weight excluding hydrogens is 713 g/mol. The topological polar surface area (TPSA) is 103 Å². The lowest BCUT2D eigenvalue weighted by Gasteiger charge is -2.36. The van der Waals surface area contributed by atoms with Crippen LogP contribution in [0.5, 0.6) is 5.75 Å². The number of amides is 2. The number of carbonyl (C=O) groups is 3. The molecule has 2 N–H and O–H groups in total. The van der Waals surface area contributed by atoms with Crippen molar-refractivity contribution >= 4 is 18.0 Å². The van der Waals surface area contributed by atoms with Crippen LogP contribution in [0, 0.1) is 0 Å². The fourth-order valence-corrected chi connectivity index (χ4v) is 7.44.